The van der Waals surface area contributed by atoms with Crippen molar-refractivity contribution in [2.75, 3.05) is 11.5 Å². The summed E-state index contributed by atoms with van der Waals surface area (Å²) in [7, 11) is 0. The van der Waals surface area contributed by atoms with Gasteiger partial charge in [-0.05, 0) is 11.9 Å². The molecule has 0 rings (SSSR count). The van der Waals surface area contributed by atoms with E-state index in [1.165, 1.54) is 0 Å². The molecule has 0 bridgehead atoms. The third-order valence-corrected chi connectivity index (χ3v) is 0.758. The third-order valence-electron chi connectivity index (χ3n) is 0.758. The highest BCUT2D eigenvalue weighted by molar-refractivity contribution is 14.1. The summed E-state index contributed by atoms with van der Waals surface area (Å²) in [4.78, 5) is 12.5. The van der Waals surface area contributed by atoms with Crippen molar-refractivity contribution < 1.29 is 9.53 Å². The molecule has 0 amide bonds. The predicted molar refractivity (Wildman–Crippen MR) is 58.1 cm³/mol. The van der Waals surface area contributed by atoms with E-state index in [0.29, 0.717) is 6.61 Å². The number of carbonyl (C=O) groups excluding carboxylic acids is 1. The zero-order valence-electron chi connectivity index (χ0n) is 6.98. The molecule has 0 aromatic rings. The van der Waals surface area contributed by atoms with Crippen LogP contribution in [0.5, 0.6) is 0 Å². The van der Waals surface area contributed by atoms with Crippen LogP contribution < -0.4 is 0 Å². The first-order valence-electron chi connectivity index (χ1n) is 3.23. The standard InChI is InChI=1S/C6H12O2.CH3I.CH4/c1-4-8-6(7)5(2)3;1-2;/h5H,4H2,1-3H3;1H3;1H4. The Hall–Kier alpha value is 0.200. The molecule has 0 aliphatic heterocycles. The van der Waals surface area contributed by atoms with Gasteiger partial charge in [0.1, 0.15) is 0 Å². The highest BCUT2D eigenvalue weighted by Crippen LogP contribution is 1.93. The van der Waals surface area contributed by atoms with E-state index in [1.54, 1.807) is 6.92 Å². The summed E-state index contributed by atoms with van der Waals surface area (Å²) in [6.07, 6.45) is 0. The Balaban J connectivity index is -0.000000196. The molecule has 0 heterocycles. The van der Waals surface area contributed by atoms with Crippen molar-refractivity contribution in [3.63, 3.8) is 0 Å². The van der Waals surface area contributed by atoms with Crippen LogP contribution >= 0.6 is 22.6 Å². The summed E-state index contributed by atoms with van der Waals surface area (Å²) in [5.74, 6) is -0.109. The van der Waals surface area contributed by atoms with Crippen LogP contribution in [-0.2, 0) is 9.53 Å². The number of ether oxygens (including phenoxy) is 1. The van der Waals surface area contributed by atoms with E-state index in [0.717, 1.165) is 0 Å². The van der Waals surface area contributed by atoms with Crippen LogP contribution in [0.25, 0.3) is 0 Å². The van der Waals surface area contributed by atoms with Gasteiger partial charge in [0.25, 0.3) is 0 Å². The van der Waals surface area contributed by atoms with Gasteiger partial charge in [0.05, 0.1) is 12.5 Å². The Labute approximate surface area is 83.8 Å². The molecule has 0 aromatic carbocycles. The maximum absolute atomic E-state index is 10.5. The van der Waals surface area contributed by atoms with Crippen LogP contribution in [-0.4, -0.2) is 17.5 Å². The lowest BCUT2D eigenvalue weighted by molar-refractivity contribution is -0.146. The lowest BCUT2D eigenvalue weighted by atomic mass is 10.2. The minimum absolute atomic E-state index is 0. The molecule has 3 heteroatoms. The number of rotatable bonds is 2. The number of hydrogen-bond acceptors (Lipinski definition) is 2. The average molecular weight is 274 g/mol. The summed E-state index contributed by atoms with van der Waals surface area (Å²) in [5.41, 5.74) is 0. The fourth-order valence-electron chi connectivity index (χ4n) is 0.309. The van der Waals surface area contributed by atoms with E-state index < -0.39 is 0 Å². The van der Waals surface area contributed by atoms with Gasteiger partial charge in [-0.1, -0.05) is 43.9 Å². The lowest BCUT2D eigenvalue weighted by Gasteiger charge is -2.01. The SMILES string of the molecule is C.CCOC(=O)C(C)C.CI. The van der Waals surface area contributed by atoms with Gasteiger partial charge in [0.2, 0.25) is 0 Å². The van der Waals surface area contributed by atoms with E-state index in [9.17, 15) is 4.79 Å². The first-order valence-corrected chi connectivity index (χ1v) is 5.38. The van der Waals surface area contributed by atoms with Gasteiger partial charge < -0.3 is 4.74 Å². The van der Waals surface area contributed by atoms with Crippen molar-refractivity contribution in [1.82, 2.24) is 0 Å². The van der Waals surface area contributed by atoms with Gasteiger partial charge in [0, 0.05) is 0 Å². The van der Waals surface area contributed by atoms with Gasteiger partial charge in [-0.25, -0.2) is 0 Å². The van der Waals surface area contributed by atoms with Gasteiger partial charge in [-0.3, -0.25) is 4.79 Å². The molecule has 0 saturated carbocycles. The van der Waals surface area contributed by atoms with Gasteiger partial charge >= 0.3 is 5.97 Å². The maximum atomic E-state index is 10.5. The fourth-order valence-corrected chi connectivity index (χ4v) is 0.309. The van der Waals surface area contributed by atoms with Crippen molar-refractivity contribution >= 4 is 28.6 Å². The third kappa shape index (κ3) is 13.2. The van der Waals surface area contributed by atoms with E-state index in [-0.39, 0.29) is 19.3 Å². The van der Waals surface area contributed by atoms with Crippen LogP contribution in [0, 0.1) is 5.92 Å². The van der Waals surface area contributed by atoms with Crippen molar-refractivity contribution in [2.24, 2.45) is 5.92 Å². The molecule has 2 nitrogen and oxygen atoms in total. The molecular formula is C8H19IO2. The van der Waals surface area contributed by atoms with E-state index >= 15 is 0 Å². The number of esters is 1. The number of carbonyl (C=O) groups is 1. The molecule has 0 aliphatic rings. The molecule has 0 fully saturated rings. The van der Waals surface area contributed by atoms with Crippen molar-refractivity contribution in [3.05, 3.63) is 0 Å². The second kappa shape index (κ2) is 12.8. The molecule has 0 N–H and O–H groups in total. The minimum atomic E-state index is -0.118. The van der Waals surface area contributed by atoms with E-state index in [2.05, 4.69) is 27.3 Å². The van der Waals surface area contributed by atoms with Crippen LogP contribution in [0.15, 0.2) is 0 Å². The first kappa shape index (κ1) is 17.3. The zero-order chi connectivity index (χ0) is 8.57. The Morgan fingerprint density at radius 3 is 1.91 bits per heavy atom. The van der Waals surface area contributed by atoms with Gasteiger partial charge in [-0.15, -0.1) is 0 Å². The molecule has 0 radical (unpaired) electrons. The van der Waals surface area contributed by atoms with Gasteiger partial charge in [0.15, 0.2) is 0 Å². The lowest BCUT2D eigenvalue weighted by Crippen LogP contribution is -2.10. The molecule has 0 atom stereocenters. The van der Waals surface area contributed by atoms with E-state index in [1.807, 2.05) is 18.8 Å². The highest BCUT2D eigenvalue weighted by atomic mass is 127. The number of hydrogen-bond donors (Lipinski definition) is 0. The molecule has 11 heavy (non-hydrogen) atoms. The summed E-state index contributed by atoms with van der Waals surface area (Å²) in [6, 6.07) is 0. The molecule has 70 valence electrons. The Morgan fingerprint density at radius 1 is 1.45 bits per heavy atom. The van der Waals surface area contributed by atoms with Crippen LogP contribution in [0.1, 0.15) is 28.2 Å². The van der Waals surface area contributed by atoms with Crippen LogP contribution in [0.2, 0.25) is 0 Å². The Bertz CT molecular complexity index is 82.2. The summed E-state index contributed by atoms with van der Waals surface area (Å²) in [5, 5.41) is 0. The topological polar surface area (TPSA) is 26.3 Å². The molecule has 0 aromatic heterocycles. The predicted octanol–water partition coefficient (Wildman–Crippen LogP) is 2.89. The Kier molecular flexibility index (Phi) is 20.2. The summed E-state index contributed by atoms with van der Waals surface area (Å²) >= 11 is 2.15. The molecule has 0 aliphatic carbocycles. The number of halogens is 1. The largest absolute Gasteiger partial charge is 0.466 e. The second-order valence-corrected chi connectivity index (χ2v) is 1.91. The minimum Gasteiger partial charge on any atom is -0.466 e. The molecular weight excluding hydrogens is 255 g/mol. The van der Waals surface area contributed by atoms with Crippen LogP contribution in [0.4, 0.5) is 0 Å². The molecule has 0 saturated heterocycles. The normalized spacial score (nSPS) is 7.45. The quantitative estimate of drug-likeness (QED) is 0.439. The smallest absolute Gasteiger partial charge is 0.308 e. The van der Waals surface area contributed by atoms with Crippen molar-refractivity contribution in [2.45, 2.75) is 28.2 Å². The zero-order valence-corrected chi connectivity index (χ0v) is 9.14. The maximum Gasteiger partial charge on any atom is 0.308 e. The Morgan fingerprint density at radius 2 is 1.82 bits per heavy atom. The van der Waals surface area contributed by atoms with Crippen molar-refractivity contribution in [1.29, 1.82) is 0 Å². The highest BCUT2D eigenvalue weighted by Gasteiger charge is 2.04. The average Bonchev–Trinajstić information content (AvgIpc) is 1.93. The van der Waals surface area contributed by atoms with Gasteiger partial charge in [-0.2, -0.15) is 0 Å². The van der Waals surface area contributed by atoms with Crippen molar-refractivity contribution in [3.8, 4) is 0 Å². The monoisotopic (exact) mass is 274 g/mol. The first-order chi connectivity index (χ1) is 4.68. The fraction of sp³-hybridized carbons (Fsp3) is 0.875. The number of alkyl halides is 1. The second-order valence-electron chi connectivity index (χ2n) is 1.91. The summed E-state index contributed by atoms with van der Waals surface area (Å²) in [6.45, 7) is 5.92. The van der Waals surface area contributed by atoms with E-state index in [4.69, 9.17) is 0 Å². The molecule has 0 spiro atoms. The summed E-state index contributed by atoms with van der Waals surface area (Å²) < 4.78 is 4.66. The van der Waals surface area contributed by atoms with Crippen LogP contribution in [0.3, 0.4) is 0 Å². The molecule has 0 unspecified atom stereocenters.